The van der Waals surface area contributed by atoms with Crippen LogP contribution in [0.5, 0.6) is 0 Å². The van der Waals surface area contributed by atoms with Crippen molar-refractivity contribution in [1.29, 1.82) is 0 Å². The SMILES string of the molecule is CC(=O)N[C@H]1[C@H](OC[C@H]2O[C@@H](O[C@H]3[C@H](O)[C@@H](NC(C)=O)[C@H](O[C@H]4[C@@H](O)[C@@H](CO)O[C@@H](O[C@H]5[C@H](O)[C@@H](NC(C)=O)[C@H](O[C@H]6[C@@H](O)[C@@H](CO)O[C@@H](O[C@H]7[C@H](O)[C@@H](O)[C@H](OC[C@@H](CO)NC=O)O[C@@H]7CO)[C@@H]6O)O[C@@H]5CO)[C@@H]4O)O[C@@H]3CO)[C@H](O)[C@@H](O[C@@H]3O[C@H](CO)[C@@H](O[C@@H]4O[C@H](CO)[C@H](O)[C@H](O)[C@H]4O)[C@H](O)[C@H]3NC(C)=O)[C@H]2O)O[C@H](CO)[C@@H](O[C@@H]2O[C@H](CO)[C@H](O)[C@H](O)[C@H]2O)[C@@H]1O. The molecule has 0 saturated carbocycles. The first-order valence-corrected chi connectivity index (χ1v) is 41.4. The molecular formula is C72H121N5O53. The fourth-order valence-corrected chi connectivity index (χ4v) is 16.6. The summed E-state index contributed by atoms with van der Waals surface area (Å²) < 4.78 is 118. The standard InChI is InChI=1S/C72H121N5O53/c1-18(89)74-33-42(98)55(123-68-49(105)46(102)37(93)23(6-79)113-68)27(10-83)117-63(33)112-16-32-41(97)62(130-66-34(75-19(2)90)43(99)56(28(11-84)118-66)124-69-50(106)47(103)38(94)24(7-80)114-69)54(110)72(122-32)126-58-30(13-86)120-65(36(45(58)101)77-21(4)92)128-60-39(95)25(8-81)115-70(52(60)108)125-57-29(12-85)119-64(35(44(57)100)76-20(3)91)129-61-40(96)26(9-82)116-71(53(61)109)127-59-31(14-87)121-67(51(107)48(59)104)111-15-22(5-78)73-17-88/h17,22-72,78-87,93-110H,5-16H2,1-4H3,(H,73,88)(H,74,89)(H,75,90)(H,76,91)(H,77,92)/t22-,23-,24-,25-,26-,27-,28-,29-,30-,31-,32-,33-,34-,35-,36-,37+,38+,39+,40+,41+,42-,43-,44-,45-,46+,47+,48-,49-,50-,51-,52-,53-,54-,55-,56-,57-,58-,59-,60+,61+,62+,63-,64+,65+,66+,67-,68+,69+,70+,71+,72+/m1/s1. The van der Waals surface area contributed by atoms with Crippen molar-refractivity contribution in [1.82, 2.24) is 26.6 Å². The van der Waals surface area contributed by atoms with E-state index in [0.717, 1.165) is 27.7 Å². The Bertz CT molecular complexity index is 3500. The molecule has 0 unspecified atom stereocenters. The summed E-state index contributed by atoms with van der Waals surface area (Å²) in [6.45, 7) is -8.47. The van der Waals surface area contributed by atoms with Crippen LogP contribution in [0.2, 0.25) is 0 Å². The van der Waals surface area contributed by atoms with Gasteiger partial charge in [-0.2, -0.15) is 0 Å². The van der Waals surface area contributed by atoms with Gasteiger partial charge in [0.25, 0.3) is 0 Å². The summed E-state index contributed by atoms with van der Waals surface area (Å²) in [7, 11) is 0. The topological polar surface area (TPSA) is 897 Å². The third-order valence-electron chi connectivity index (χ3n) is 23.4. The van der Waals surface area contributed by atoms with Crippen LogP contribution in [-0.4, -0.2) is 565 Å². The van der Waals surface area contributed by atoms with Gasteiger partial charge in [0.1, 0.15) is 244 Å². The monoisotopic (exact) mass is 1900 g/mol. The van der Waals surface area contributed by atoms with Crippen LogP contribution < -0.4 is 26.6 Å². The Morgan fingerprint density at radius 3 is 0.769 bits per heavy atom. The number of aliphatic hydroxyl groups excluding tert-OH is 28. The van der Waals surface area contributed by atoms with Gasteiger partial charge in [0.05, 0.1) is 85.3 Å². The lowest BCUT2D eigenvalue weighted by Gasteiger charge is -2.51. The highest BCUT2D eigenvalue weighted by molar-refractivity contribution is 5.74. The maximum atomic E-state index is 13.3. The van der Waals surface area contributed by atoms with Crippen LogP contribution in [0.25, 0.3) is 0 Å². The van der Waals surface area contributed by atoms with Crippen LogP contribution in [0.4, 0.5) is 0 Å². The largest absolute Gasteiger partial charge is 0.394 e. The van der Waals surface area contributed by atoms with Crippen LogP contribution in [0, 0.1) is 0 Å². The molecule has 0 radical (unpaired) electrons. The molecule has 10 fully saturated rings. The van der Waals surface area contributed by atoms with Crippen molar-refractivity contribution in [3.8, 4) is 0 Å². The fraction of sp³-hybridized carbons (Fsp3) is 0.931. The number of amides is 5. The zero-order chi connectivity index (χ0) is 95.6. The molecule has 10 aliphatic rings. The van der Waals surface area contributed by atoms with Gasteiger partial charge in [-0.1, -0.05) is 0 Å². The summed E-state index contributed by atoms with van der Waals surface area (Å²) in [5, 5.41) is 323. The lowest BCUT2D eigenvalue weighted by atomic mass is 9.93. The zero-order valence-electron chi connectivity index (χ0n) is 69.7. The van der Waals surface area contributed by atoms with E-state index in [2.05, 4.69) is 26.6 Å². The molecule has 51 atom stereocenters. The van der Waals surface area contributed by atoms with E-state index >= 15 is 0 Å². The quantitative estimate of drug-likeness (QED) is 0.0255. The van der Waals surface area contributed by atoms with Gasteiger partial charge in [-0.3, -0.25) is 24.0 Å². The summed E-state index contributed by atoms with van der Waals surface area (Å²) in [6, 6.07) is -8.88. The number of carbonyl (C=O) groups excluding carboxylic acids is 5. The molecule has 0 aromatic heterocycles. The van der Waals surface area contributed by atoms with Crippen LogP contribution in [0.15, 0.2) is 0 Å². The predicted octanol–water partition coefficient (Wildman–Crippen LogP) is -23.1. The number of carbonyl (C=O) groups is 5. The third kappa shape index (κ3) is 24.2. The molecule has 0 spiro atoms. The van der Waals surface area contributed by atoms with Crippen molar-refractivity contribution in [2.45, 2.75) is 341 Å². The molecule has 10 rings (SSSR count). The van der Waals surface area contributed by atoms with Gasteiger partial charge in [0.15, 0.2) is 62.9 Å². The maximum Gasteiger partial charge on any atom is 0.217 e. The van der Waals surface area contributed by atoms with Gasteiger partial charge in [0.2, 0.25) is 30.0 Å². The lowest BCUT2D eigenvalue weighted by Crippen LogP contribution is -2.71. The molecule has 58 heteroatoms. The average Bonchev–Trinajstić information content (AvgIpc) is 0.762. The van der Waals surface area contributed by atoms with Crippen LogP contribution in [0.3, 0.4) is 0 Å². The summed E-state index contributed by atoms with van der Waals surface area (Å²) >= 11 is 0. The van der Waals surface area contributed by atoms with Gasteiger partial charge in [-0.05, 0) is 0 Å². The summed E-state index contributed by atoms with van der Waals surface area (Å²) in [6.07, 6.45) is -95.0. The highest BCUT2D eigenvalue weighted by Crippen LogP contribution is 2.41. The Balaban J connectivity index is 0.895. The number of rotatable bonds is 38. The van der Waals surface area contributed by atoms with Gasteiger partial charge in [-0.15, -0.1) is 0 Å². The highest BCUT2D eigenvalue weighted by Gasteiger charge is 2.62. The molecule has 752 valence electrons. The molecule has 58 nitrogen and oxygen atoms in total. The second-order valence-electron chi connectivity index (χ2n) is 32.4. The van der Waals surface area contributed by atoms with E-state index in [0.29, 0.717) is 0 Å². The molecule has 10 saturated heterocycles. The van der Waals surface area contributed by atoms with Crippen LogP contribution in [0.1, 0.15) is 27.7 Å². The number of hydrogen-bond donors (Lipinski definition) is 33. The number of nitrogens with one attached hydrogen (secondary N) is 5. The first-order chi connectivity index (χ1) is 61.7. The molecule has 0 aliphatic carbocycles. The average molecular weight is 1900 g/mol. The van der Waals surface area contributed by atoms with E-state index in [1.54, 1.807) is 0 Å². The molecule has 0 aromatic rings. The lowest BCUT2D eigenvalue weighted by molar-refractivity contribution is -0.391. The molecule has 10 aliphatic heterocycles. The van der Waals surface area contributed by atoms with Crippen molar-refractivity contribution in [2.24, 2.45) is 0 Å². The van der Waals surface area contributed by atoms with E-state index < -0.39 is 416 Å². The molecule has 0 aromatic carbocycles. The third-order valence-corrected chi connectivity index (χ3v) is 23.4. The van der Waals surface area contributed by atoms with E-state index in [9.17, 15) is 167 Å². The van der Waals surface area contributed by atoms with Gasteiger partial charge < -0.3 is 264 Å². The van der Waals surface area contributed by atoms with E-state index in [1.165, 1.54) is 0 Å². The molecule has 5 amide bonds. The Labute approximate surface area is 736 Å². The van der Waals surface area contributed by atoms with Crippen LogP contribution in [-0.2, 0) is 119 Å². The second kappa shape index (κ2) is 48.1. The van der Waals surface area contributed by atoms with Crippen molar-refractivity contribution in [3.05, 3.63) is 0 Å². The Morgan fingerprint density at radius 1 is 0.254 bits per heavy atom. The van der Waals surface area contributed by atoms with Gasteiger partial charge >= 0.3 is 0 Å². The summed E-state index contributed by atoms with van der Waals surface area (Å²) in [5.74, 6) is -3.88. The molecule has 33 N–H and O–H groups in total. The zero-order valence-corrected chi connectivity index (χ0v) is 69.7. The first-order valence-electron chi connectivity index (χ1n) is 41.4. The Hall–Kier alpha value is -4.57. The smallest absolute Gasteiger partial charge is 0.217 e. The molecular weight excluding hydrogens is 1780 g/mol. The van der Waals surface area contributed by atoms with E-state index in [4.69, 9.17) is 94.7 Å². The number of ether oxygens (including phenoxy) is 20. The molecule has 10 heterocycles. The minimum absolute atomic E-state index is 0.246. The fourth-order valence-electron chi connectivity index (χ4n) is 16.6. The minimum atomic E-state index is -2.53. The first kappa shape index (κ1) is 107. The Morgan fingerprint density at radius 2 is 0.485 bits per heavy atom. The minimum Gasteiger partial charge on any atom is -0.394 e. The van der Waals surface area contributed by atoms with E-state index in [-0.39, 0.29) is 6.41 Å². The van der Waals surface area contributed by atoms with E-state index in [1.807, 2.05) is 0 Å². The summed E-state index contributed by atoms with van der Waals surface area (Å²) in [5.41, 5.74) is 0. The normalized spacial score (nSPS) is 47.6. The molecule has 0 bridgehead atoms. The van der Waals surface area contributed by atoms with Crippen molar-refractivity contribution < 1.29 is 262 Å². The maximum absolute atomic E-state index is 13.3. The van der Waals surface area contributed by atoms with Gasteiger partial charge in [0, 0.05) is 27.7 Å². The summed E-state index contributed by atoms with van der Waals surface area (Å²) in [4.78, 5) is 63.2. The van der Waals surface area contributed by atoms with Crippen LogP contribution >= 0.6 is 0 Å². The molecule has 130 heavy (non-hydrogen) atoms. The predicted molar refractivity (Wildman–Crippen MR) is 400 cm³/mol. The van der Waals surface area contributed by atoms with Crippen molar-refractivity contribution >= 4 is 30.0 Å². The van der Waals surface area contributed by atoms with Gasteiger partial charge in [-0.25, -0.2) is 0 Å². The Kier molecular flexibility index (Phi) is 39.8. The van der Waals surface area contributed by atoms with Crippen molar-refractivity contribution in [3.63, 3.8) is 0 Å². The van der Waals surface area contributed by atoms with Crippen molar-refractivity contribution in [2.75, 3.05) is 79.3 Å². The number of hydrogen-bond acceptors (Lipinski definition) is 53. The second-order valence-corrected chi connectivity index (χ2v) is 32.4. The highest BCUT2D eigenvalue weighted by atomic mass is 16.8. The number of aliphatic hydroxyl groups is 28.